The van der Waals surface area contributed by atoms with Crippen LogP contribution in [0.2, 0.25) is 0 Å². The third kappa shape index (κ3) is 4.83. The van der Waals surface area contributed by atoms with Crippen LogP contribution in [0.3, 0.4) is 0 Å². The highest BCUT2D eigenvalue weighted by Crippen LogP contribution is 2.25. The highest BCUT2D eigenvalue weighted by Gasteiger charge is 2.13. The lowest BCUT2D eigenvalue weighted by molar-refractivity contribution is -0.140. The van der Waals surface area contributed by atoms with Gasteiger partial charge in [-0.15, -0.1) is 0 Å². The highest BCUT2D eigenvalue weighted by atomic mass is 16.5. The molecule has 23 heavy (non-hydrogen) atoms. The SMILES string of the molecule is COC(=O)CCCc1ccc(C(N=[N+]=[N-])c2ccccn2)cc1. The summed E-state index contributed by atoms with van der Waals surface area (Å²) in [5.74, 6) is -0.194. The van der Waals surface area contributed by atoms with E-state index in [1.807, 2.05) is 42.5 Å². The van der Waals surface area contributed by atoms with Gasteiger partial charge in [-0.3, -0.25) is 9.78 Å². The molecule has 6 nitrogen and oxygen atoms in total. The molecule has 1 heterocycles. The first kappa shape index (κ1) is 16.5. The first-order valence-electron chi connectivity index (χ1n) is 7.35. The smallest absolute Gasteiger partial charge is 0.305 e. The quantitative estimate of drug-likeness (QED) is 0.335. The molecule has 0 radical (unpaired) electrons. The van der Waals surface area contributed by atoms with Crippen LogP contribution in [-0.4, -0.2) is 18.1 Å². The van der Waals surface area contributed by atoms with Gasteiger partial charge in [-0.2, -0.15) is 0 Å². The average molecular weight is 310 g/mol. The molecule has 1 atom stereocenters. The number of aryl methyl sites for hydroxylation is 1. The Hall–Kier alpha value is -2.85. The van der Waals surface area contributed by atoms with E-state index in [0.717, 1.165) is 24.0 Å². The number of hydrogen-bond acceptors (Lipinski definition) is 4. The minimum atomic E-state index is -0.440. The fourth-order valence-electron chi connectivity index (χ4n) is 2.29. The van der Waals surface area contributed by atoms with Gasteiger partial charge in [-0.1, -0.05) is 35.4 Å². The van der Waals surface area contributed by atoms with E-state index in [0.29, 0.717) is 12.1 Å². The predicted molar refractivity (Wildman–Crippen MR) is 86.6 cm³/mol. The van der Waals surface area contributed by atoms with E-state index in [-0.39, 0.29) is 5.97 Å². The van der Waals surface area contributed by atoms with Crippen LogP contribution in [0.1, 0.15) is 35.7 Å². The molecule has 0 N–H and O–H groups in total. The Morgan fingerprint density at radius 3 is 2.70 bits per heavy atom. The van der Waals surface area contributed by atoms with E-state index < -0.39 is 6.04 Å². The Morgan fingerprint density at radius 1 is 1.30 bits per heavy atom. The summed E-state index contributed by atoms with van der Waals surface area (Å²) in [5, 5.41) is 3.85. The van der Waals surface area contributed by atoms with Gasteiger partial charge in [0.15, 0.2) is 0 Å². The van der Waals surface area contributed by atoms with Gasteiger partial charge in [-0.05, 0) is 41.6 Å². The Bertz CT molecular complexity index is 679. The van der Waals surface area contributed by atoms with Crippen molar-refractivity contribution >= 4 is 5.97 Å². The lowest BCUT2D eigenvalue weighted by atomic mass is 10.0. The molecule has 0 spiro atoms. The van der Waals surface area contributed by atoms with E-state index in [1.54, 1.807) is 6.20 Å². The summed E-state index contributed by atoms with van der Waals surface area (Å²) in [7, 11) is 1.39. The normalized spacial score (nSPS) is 11.3. The van der Waals surface area contributed by atoms with Crippen molar-refractivity contribution < 1.29 is 9.53 Å². The van der Waals surface area contributed by atoms with Crippen LogP contribution in [0.25, 0.3) is 10.4 Å². The van der Waals surface area contributed by atoms with E-state index in [4.69, 9.17) is 5.53 Å². The maximum Gasteiger partial charge on any atom is 0.305 e. The summed E-state index contributed by atoms with van der Waals surface area (Å²) in [4.78, 5) is 18.3. The molecular formula is C17H18N4O2. The Morgan fingerprint density at radius 2 is 2.09 bits per heavy atom. The first-order chi connectivity index (χ1) is 11.2. The maximum absolute atomic E-state index is 11.1. The van der Waals surface area contributed by atoms with Gasteiger partial charge in [0.05, 0.1) is 12.8 Å². The molecule has 0 amide bonds. The average Bonchev–Trinajstić information content (AvgIpc) is 2.61. The summed E-state index contributed by atoms with van der Waals surface area (Å²) in [5.41, 5.74) is 11.5. The lowest BCUT2D eigenvalue weighted by Gasteiger charge is -2.11. The molecule has 0 saturated heterocycles. The number of pyridine rings is 1. The van der Waals surface area contributed by atoms with Crippen molar-refractivity contribution in [1.29, 1.82) is 0 Å². The topological polar surface area (TPSA) is 88.0 Å². The number of esters is 1. The highest BCUT2D eigenvalue weighted by molar-refractivity contribution is 5.69. The number of carbonyl (C=O) groups excluding carboxylic acids is 1. The minimum Gasteiger partial charge on any atom is -0.469 e. The Kier molecular flexibility index (Phi) is 6.15. The molecule has 1 aromatic heterocycles. The molecule has 0 bridgehead atoms. The third-order valence-electron chi connectivity index (χ3n) is 3.50. The molecule has 0 fully saturated rings. The number of azide groups is 1. The van der Waals surface area contributed by atoms with Crippen molar-refractivity contribution in [2.45, 2.75) is 25.3 Å². The van der Waals surface area contributed by atoms with Gasteiger partial charge in [0.1, 0.15) is 6.04 Å². The molecule has 0 aliphatic rings. The Labute approximate surface area is 134 Å². The van der Waals surface area contributed by atoms with Crippen LogP contribution in [-0.2, 0) is 16.0 Å². The van der Waals surface area contributed by atoms with Crippen LogP contribution >= 0.6 is 0 Å². The fourth-order valence-corrected chi connectivity index (χ4v) is 2.29. The van der Waals surface area contributed by atoms with E-state index in [1.165, 1.54) is 7.11 Å². The van der Waals surface area contributed by atoms with Crippen LogP contribution in [0.5, 0.6) is 0 Å². The summed E-state index contributed by atoms with van der Waals surface area (Å²) in [6.07, 6.45) is 3.63. The van der Waals surface area contributed by atoms with Crippen molar-refractivity contribution in [2.75, 3.05) is 7.11 Å². The van der Waals surface area contributed by atoms with Crippen LogP contribution < -0.4 is 0 Å². The molecule has 2 aromatic rings. The number of nitrogens with zero attached hydrogens (tertiary/aromatic N) is 4. The Balaban J connectivity index is 2.07. The second kappa shape index (κ2) is 8.56. The van der Waals surface area contributed by atoms with Gasteiger partial charge >= 0.3 is 5.97 Å². The molecule has 118 valence electrons. The van der Waals surface area contributed by atoms with Crippen molar-refractivity contribution in [2.24, 2.45) is 5.11 Å². The van der Waals surface area contributed by atoms with Gasteiger partial charge in [0, 0.05) is 17.5 Å². The van der Waals surface area contributed by atoms with Gasteiger partial charge < -0.3 is 4.74 Å². The summed E-state index contributed by atoms with van der Waals surface area (Å²) in [6, 6.07) is 12.9. The van der Waals surface area contributed by atoms with Gasteiger partial charge in [0.25, 0.3) is 0 Å². The molecule has 0 saturated carbocycles. The zero-order chi connectivity index (χ0) is 16.5. The van der Waals surface area contributed by atoms with Crippen LogP contribution in [0, 0.1) is 0 Å². The largest absolute Gasteiger partial charge is 0.469 e. The van der Waals surface area contributed by atoms with Crippen molar-refractivity contribution in [3.8, 4) is 0 Å². The van der Waals surface area contributed by atoms with Gasteiger partial charge in [0.2, 0.25) is 0 Å². The summed E-state index contributed by atoms with van der Waals surface area (Å²) < 4.78 is 4.62. The van der Waals surface area contributed by atoms with Gasteiger partial charge in [-0.25, -0.2) is 0 Å². The first-order valence-corrected chi connectivity index (χ1v) is 7.35. The summed E-state index contributed by atoms with van der Waals surface area (Å²) in [6.45, 7) is 0. The molecule has 0 aliphatic carbocycles. The molecule has 0 aliphatic heterocycles. The zero-order valence-corrected chi connectivity index (χ0v) is 12.9. The maximum atomic E-state index is 11.1. The number of benzene rings is 1. The molecule has 1 aromatic carbocycles. The molecule has 1 unspecified atom stereocenters. The molecule has 2 rings (SSSR count). The minimum absolute atomic E-state index is 0.194. The number of methoxy groups -OCH3 is 1. The number of ether oxygens (including phenoxy) is 1. The molecular weight excluding hydrogens is 292 g/mol. The number of carbonyl (C=O) groups is 1. The van der Waals surface area contributed by atoms with Crippen molar-refractivity contribution in [3.05, 3.63) is 75.9 Å². The third-order valence-corrected chi connectivity index (χ3v) is 3.50. The second-order valence-electron chi connectivity index (χ2n) is 5.03. The van der Waals surface area contributed by atoms with E-state index >= 15 is 0 Å². The molecule has 6 heteroatoms. The monoisotopic (exact) mass is 310 g/mol. The van der Waals surface area contributed by atoms with Crippen molar-refractivity contribution in [1.82, 2.24) is 4.98 Å². The van der Waals surface area contributed by atoms with E-state index in [9.17, 15) is 4.79 Å². The number of hydrogen-bond donors (Lipinski definition) is 0. The van der Waals surface area contributed by atoms with Crippen LogP contribution in [0.4, 0.5) is 0 Å². The standard InChI is InChI=1S/C17H18N4O2/c1-23-16(22)7-4-5-13-8-10-14(11-9-13)17(20-21-18)15-6-2-3-12-19-15/h2-3,6,8-12,17H,4-5,7H2,1H3. The van der Waals surface area contributed by atoms with Crippen LogP contribution in [0.15, 0.2) is 53.8 Å². The zero-order valence-electron chi connectivity index (χ0n) is 12.9. The second-order valence-corrected chi connectivity index (χ2v) is 5.03. The summed E-state index contributed by atoms with van der Waals surface area (Å²) >= 11 is 0. The number of aromatic nitrogens is 1. The van der Waals surface area contributed by atoms with Crippen molar-refractivity contribution in [3.63, 3.8) is 0 Å². The fraction of sp³-hybridized carbons (Fsp3) is 0.294. The lowest BCUT2D eigenvalue weighted by Crippen LogP contribution is -2.01. The van der Waals surface area contributed by atoms with E-state index in [2.05, 4.69) is 19.7 Å². The predicted octanol–water partition coefficient (Wildman–Crippen LogP) is 3.98. The number of rotatable bonds is 7.